The van der Waals surface area contributed by atoms with E-state index in [0.29, 0.717) is 13.1 Å². The summed E-state index contributed by atoms with van der Waals surface area (Å²) in [6.45, 7) is 3.06. The van der Waals surface area contributed by atoms with Crippen LogP contribution in [-0.4, -0.2) is 31.7 Å². The lowest BCUT2D eigenvalue weighted by Crippen LogP contribution is -2.35. The van der Waals surface area contributed by atoms with E-state index in [-0.39, 0.29) is 27.4 Å². The van der Waals surface area contributed by atoms with Gasteiger partial charge in [-0.25, -0.2) is 8.42 Å². The third kappa shape index (κ3) is 4.87. The van der Waals surface area contributed by atoms with Crippen LogP contribution in [0.15, 0.2) is 41.3 Å². The van der Waals surface area contributed by atoms with Crippen molar-refractivity contribution < 1.29 is 13.2 Å². The Morgan fingerprint density at radius 1 is 1.00 bits per heavy atom. The molecule has 0 saturated carbocycles. The number of rotatable bonds is 6. The van der Waals surface area contributed by atoms with Crippen LogP contribution in [0.3, 0.4) is 0 Å². The maximum absolute atomic E-state index is 13.1. The Morgan fingerprint density at radius 2 is 1.72 bits per heavy atom. The summed E-state index contributed by atoms with van der Waals surface area (Å²) in [5.74, 6) is -0.352. The molecule has 172 valence electrons. The fourth-order valence-electron chi connectivity index (χ4n) is 4.72. The standard InChI is InChI=1S/C25H31ClN2O3S/c1-2-24(20-11-10-18-8-4-5-9-19(18)16-20)27-25(29)22-17-21(12-13-23(22)26)32(30,31)28-14-6-3-7-15-28/h10-13,16-17,24H,2-9,14-15H2,1H3,(H,27,29). The Hall–Kier alpha value is -1.89. The quantitative estimate of drug-likeness (QED) is 0.619. The third-order valence-corrected chi connectivity index (χ3v) is 8.85. The molecule has 1 N–H and O–H groups in total. The normalized spacial score (nSPS) is 18.1. The van der Waals surface area contributed by atoms with E-state index in [2.05, 4.69) is 23.5 Å². The number of benzene rings is 2. The first-order valence-corrected chi connectivity index (χ1v) is 13.4. The van der Waals surface area contributed by atoms with Crippen molar-refractivity contribution in [3.05, 3.63) is 63.7 Å². The smallest absolute Gasteiger partial charge is 0.253 e. The van der Waals surface area contributed by atoms with Gasteiger partial charge >= 0.3 is 0 Å². The van der Waals surface area contributed by atoms with Gasteiger partial charge in [0.2, 0.25) is 10.0 Å². The lowest BCUT2D eigenvalue weighted by Gasteiger charge is -2.26. The molecular weight excluding hydrogens is 444 g/mol. The second-order valence-corrected chi connectivity index (χ2v) is 11.1. The molecule has 1 aliphatic carbocycles. The number of amides is 1. The summed E-state index contributed by atoms with van der Waals surface area (Å²) < 4.78 is 27.6. The highest BCUT2D eigenvalue weighted by atomic mass is 35.5. The number of fused-ring (bicyclic) bond motifs is 1. The van der Waals surface area contributed by atoms with Crippen LogP contribution in [0, 0.1) is 0 Å². The average molecular weight is 475 g/mol. The first kappa shape index (κ1) is 23.3. The molecule has 1 amide bonds. The first-order chi connectivity index (χ1) is 15.4. The average Bonchev–Trinajstić information content (AvgIpc) is 2.82. The van der Waals surface area contributed by atoms with Crippen molar-refractivity contribution in [2.75, 3.05) is 13.1 Å². The third-order valence-electron chi connectivity index (χ3n) is 6.62. The van der Waals surface area contributed by atoms with Gasteiger partial charge in [-0.2, -0.15) is 4.31 Å². The zero-order valence-electron chi connectivity index (χ0n) is 18.6. The lowest BCUT2D eigenvalue weighted by atomic mass is 9.88. The Bertz CT molecular complexity index is 1090. The van der Waals surface area contributed by atoms with E-state index in [4.69, 9.17) is 11.6 Å². The van der Waals surface area contributed by atoms with Gasteiger partial charge in [0.15, 0.2) is 0 Å². The molecule has 32 heavy (non-hydrogen) atoms. The number of carbonyl (C=O) groups excluding carboxylic acids is 1. The van der Waals surface area contributed by atoms with E-state index in [9.17, 15) is 13.2 Å². The number of hydrogen-bond acceptors (Lipinski definition) is 3. The van der Waals surface area contributed by atoms with Crippen LogP contribution in [0.5, 0.6) is 0 Å². The number of hydrogen-bond donors (Lipinski definition) is 1. The molecule has 0 spiro atoms. The molecule has 1 atom stereocenters. The maximum atomic E-state index is 13.1. The Labute approximate surface area is 196 Å². The molecule has 2 aliphatic rings. The summed E-state index contributed by atoms with van der Waals surface area (Å²) in [6, 6.07) is 10.7. The molecule has 1 saturated heterocycles. The number of piperidine rings is 1. The molecule has 0 aromatic heterocycles. The Kier molecular flexibility index (Phi) is 7.23. The van der Waals surface area contributed by atoms with Crippen LogP contribution in [0.2, 0.25) is 5.02 Å². The predicted octanol–water partition coefficient (Wildman–Crippen LogP) is 5.27. The van der Waals surface area contributed by atoms with Crippen molar-refractivity contribution in [2.45, 2.75) is 69.2 Å². The van der Waals surface area contributed by atoms with Crippen molar-refractivity contribution in [1.82, 2.24) is 9.62 Å². The minimum absolute atomic E-state index is 0.121. The van der Waals surface area contributed by atoms with Crippen LogP contribution in [0.25, 0.3) is 0 Å². The topological polar surface area (TPSA) is 66.5 Å². The van der Waals surface area contributed by atoms with Crippen LogP contribution in [0.1, 0.15) is 78.5 Å². The van der Waals surface area contributed by atoms with Crippen LogP contribution < -0.4 is 5.32 Å². The molecule has 1 fully saturated rings. The van der Waals surface area contributed by atoms with E-state index in [1.165, 1.54) is 46.5 Å². The fraction of sp³-hybridized carbons (Fsp3) is 0.480. The molecule has 2 aromatic carbocycles. The van der Waals surface area contributed by atoms with Crippen LogP contribution in [-0.2, 0) is 22.9 Å². The molecule has 1 heterocycles. The van der Waals surface area contributed by atoms with Crippen molar-refractivity contribution in [1.29, 1.82) is 0 Å². The van der Waals surface area contributed by atoms with Gasteiger partial charge in [-0.1, -0.05) is 43.1 Å². The number of nitrogens with one attached hydrogen (secondary N) is 1. The van der Waals surface area contributed by atoms with E-state index < -0.39 is 10.0 Å². The molecule has 1 unspecified atom stereocenters. The fourth-order valence-corrected chi connectivity index (χ4v) is 6.47. The monoisotopic (exact) mass is 474 g/mol. The number of nitrogens with zero attached hydrogens (tertiary/aromatic N) is 1. The minimum Gasteiger partial charge on any atom is -0.345 e. The lowest BCUT2D eigenvalue weighted by molar-refractivity contribution is 0.0935. The number of carbonyl (C=O) groups is 1. The van der Waals surface area contributed by atoms with Crippen LogP contribution in [0.4, 0.5) is 0 Å². The SMILES string of the molecule is CCC(NC(=O)c1cc(S(=O)(=O)N2CCCCC2)ccc1Cl)c1ccc2c(c1)CCCC2. The van der Waals surface area contributed by atoms with E-state index in [1.54, 1.807) is 0 Å². The van der Waals surface area contributed by atoms with E-state index in [0.717, 1.165) is 44.1 Å². The van der Waals surface area contributed by atoms with Gasteiger partial charge in [0.25, 0.3) is 5.91 Å². The highest BCUT2D eigenvalue weighted by Gasteiger charge is 2.28. The van der Waals surface area contributed by atoms with Gasteiger partial charge in [-0.05, 0) is 79.8 Å². The number of aryl methyl sites for hydroxylation is 2. The molecule has 4 rings (SSSR count). The van der Waals surface area contributed by atoms with Gasteiger partial charge in [0, 0.05) is 13.1 Å². The van der Waals surface area contributed by atoms with E-state index >= 15 is 0 Å². The van der Waals surface area contributed by atoms with Crippen LogP contribution >= 0.6 is 11.6 Å². The molecule has 0 bridgehead atoms. The van der Waals surface area contributed by atoms with Gasteiger partial charge in [0.1, 0.15) is 0 Å². The summed E-state index contributed by atoms with van der Waals surface area (Å²) in [6.07, 6.45) is 8.12. The summed E-state index contributed by atoms with van der Waals surface area (Å²) in [7, 11) is -3.64. The van der Waals surface area contributed by atoms with E-state index in [1.807, 2.05) is 6.92 Å². The maximum Gasteiger partial charge on any atom is 0.253 e. The predicted molar refractivity (Wildman–Crippen MR) is 128 cm³/mol. The Balaban J connectivity index is 1.56. The zero-order chi connectivity index (χ0) is 22.7. The summed E-state index contributed by atoms with van der Waals surface area (Å²) >= 11 is 6.33. The molecular formula is C25H31ClN2O3S. The van der Waals surface area contributed by atoms with Gasteiger partial charge in [-0.3, -0.25) is 4.79 Å². The van der Waals surface area contributed by atoms with Gasteiger partial charge in [0.05, 0.1) is 21.5 Å². The van der Waals surface area contributed by atoms with Gasteiger partial charge < -0.3 is 5.32 Å². The molecule has 2 aromatic rings. The van der Waals surface area contributed by atoms with Crippen molar-refractivity contribution in [3.8, 4) is 0 Å². The second kappa shape index (κ2) is 9.94. The van der Waals surface area contributed by atoms with Crippen molar-refractivity contribution >= 4 is 27.5 Å². The van der Waals surface area contributed by atoms with Gasteiger partial charge in [-0.15, -0.1) is 0 Å². The van der Waals surface area contributed by atoms with Crippen molar-refractivity contribution in [3.63, 3.8) is 0 Å². The summed E-state index contributed by atoms with van der Waals surface area (Å²) in [5.41, 5.74) is 4.05. The zero-order valence-corrected chi connectivity index (χ0v) is 20.1. The highest BCUT2D eigenvalue weighted by Crippen LogP contribution is 2.28. The summed E-state index contributed by atoms with van der Waals surface area (Å²) in [4.78, 5) is 13.3. The molecule has 1 aliphatic heterocycles. The highest BCUT2D eigenvalue weighted by molar-refractivity contribution is 7.89. The number of halogens is 1. The molecule has 7 heteroatoms. The van der Waals surface area contributed by atoms with Crippen molar-refractivity contribution in [2.24, 2.45) is 0 Å². The Morgan fingerprint density at radius 3 is 2.44 bits per heavy atom. The first-order valence-electron chi connectivity index (χ1n) is 11.6. The molecule has 5 nitrogen and oxygen atoms in total. The number of sulfonamides is 1. The second-order valence-electron chi connectivity index (χ2n) is 8.78. The summed E-state index contributed by atoms with van der Waals surface area (Å²) in [5, 5.41) is 3.32. The largest absolute Gasteiger partial charge is 0.345 e. The molecule has 0 radical (unpaired) electrons. The minimum atomic E-state index is -3.64.